The molecule has 7 nitrogen and oxygen atoms in total. The number of ether oxygens (including phenoxy) is 1. The molecule has 1 aromatic carbocycles. The van der Waals surface area contributed by atoms with E-state index in [-0.39, 0.29) is 29.3 Å². The van der Waals surface area contributed by atoms with E-state index in [2.05, 4.69) is 10.0 Å². The minimum Gasteiger partial charge on any atom is -0.378 e. The van der Waals surface area contributed by atoms with Crippen LogP contribution in [0.4, 0.5) is 5.69 Å². The Bertz CT molecular complexity index is 689. The van der Waals surface area contributed by atoms with Gasteiger partial charge in [-0.25, -0.2) is 13.1 Å². The van der Waals surface area contributed by atoms with Crippen LogP contribution in [0.5, 0.6) is 0 Å². The Kier molecular flexibility index (Phi) is 5.64. The predicted molar refractivity (Wildman–Crippen MR) is 88.6 cm³/mol. The van der Waals surface area contributed by atoms with Crippen LogP contribution in [-0.2, 0) is 26.0 Å². The molecule has 2 N–H and O–H groups in total. The van der Waals surface area contributed by atoms with Gasteiger partial charge in [0.15, 0.2) is 0 Å². The third-order valence-corrected chi connectivity index (χ3v) is 5.43. The first-order valence-corrected chi connectivity index (χ1v) is 8.70. The summed E-state index contributed by atoms with van der Waals surface area (Å²) < 4.78 is 31.5. The highest BCUT2D eigenvalue weighted by Crippen LogP contribution is 2.31. The molecule has 2 heterocycles. The maximum absolute atomic E-state index is 12.6. The van der Waals surface area contributed by atoms with Crippen molar-refractivity contribution in [1.82, 2.24) is 10.0 Å². The van der Waals surface area contributed by atoms with Gasteiger partial charge in [0.1, 0.15) is 6.04 Å². The van der Waals surface area contributed by atoms with E-state index in [0.29, 0.717) is 32.0 Å². The van der Waals surface area contributed by atoms with Crippen molar-refractivity contribution in [3.63, 3.8) is 0 Å². The summed E-state index contributed by atoms with van der Waals surface area (Å²) in [5, 5.41) is 3.14. The first-order valence-electron chi connectivity index (χ1n) is 7.22. The van der Waals surface area contributed by atoms with Crippen molar-refractivity contribution in [2.75, 3.05) is 38.3 Å². The fourth-order valence-electron chi connectivity index (χ4n) is 2.79. The van der Waals surface area contributed by atoms with Crippen molar-refractivity contribution < 1.29 is 17.9 Å². The van der Waals surface area contributed by atoms with Crippen molar-refractivity contribution in [2.45, 2.75) is 17.4 Å². The van der Waals surface area contributed by atoms with Gasteiger partial charge in [0.25, 0.3) is 0 Å². The number of anilines is 1. The molecule has 1 saturated heterocycles. The lowest BCUT2D eigenvalue weighted by Gasteiger charge is -2.27. The second-order valence-electron chi connectivity index (χ2n) is 5.32. The number of carbonyl (C=O) groups excluding carboxylic acids is 1. The van der Waals surface area contributed by atoms with E-state index in [0.717, 1.165) is 12.0 Å². The molecule has 1 atom stereocenters. The number of hydrogen-bond acceptors (Lipinski definition) is 5. The minimum atomic E-state index is -3.52. The topological polar surface area (TPSA) is 87.7 Å². The Morgan fingerprint density at radius 1 is 1.43 bits per heavy atom. The first kappa shape index (κ1) is 18.2. The van der Waals surface area contributed by atoms with Crippen LogP contribution in [0.2, 0.25) is 0 Å². The van der Waals surface area contributed by atoms with Gasteiger partial charge in [-0.2, -0.15) is 0 Å². The molecule has 2 aliphatic rings. The van der Waals surface area contributed by atoms with Crippen LogP contribution in [-0.4, -0.2) is 53.7 Å². The van der Waals surface area contributed by atoms with Gasteiger partial charge in [-0.05, 0) is 31.2 Å². The zero-order valence-electron chi connectivity index (χ0n) is 12.7. The monoisotopic (exact) mass is 361 g/mol. The first-order chi connectivity index (χ1) is 10.5. The van der Waals surface area contributed by atoms with Crippen molar-refractivity contribution in [2.24, 2.45) is 0 Å². The molecule has 0 saturated carbocycles. The van der Waals surface area contributed by atoms with Gasteiger partial charge in [-0.3, -0.25) is 4.79 Å². The average molecular weight is 362 g/mol. The van der Waals surface area contributed by atoms with Crippen molar-refractivity contribution in [3.05, 3.63) is 23.8 Å². The molecule has 0 radical (unpaired) electrons. The Morgan fingerprint density at radius 2 is 2.22 bits per heavy atom. The number of sulfonamides is 1. The maximum Gasteiger partial charge on any atom is 0.246 e. The second kappa shape index (κ2) is 7.14. The van der Waals surface area contributed by atoms with E-state index >= 15 is 0 Å². The van der Waals surface area contributed by atoms with Crippen LogP contribution in [0, 0.1) is 0 Å². The number of amides is 1. The number of hydrogen-bond donors (Lipinski definition) is 2. The standard InChI is InChI=1S/C14H19N3O4S.ClH/c1-15-22(19,20)11-3-2-10-4-6-17(13(10)8-11)14(18)12-9-21-7-5-16-12;/h2-3,8,12,15-16H,4-7,9H2,1H3;1H. The molecule has 0 aromatic heterocycles. The van der Waals surface area contributed by atoms with Gasteiger partial charge < -0.3 is 15.0 Å². The number of nitrogens with zero attached hydrogens (tertiary/aromatic N) is 1. The van der Waals surface area contributed by atoms with E-state index < -0.39 is 10.0 Å². The number of morpholine rings is 1. The second-order valence-corrected chi connectivity index (χ2v) is 7.21. The smallest absolute Gasteiger partial charge is 0.246 e. The van der Waals surface area contributed by atoms with Gasteiger partial charge in [0, 0.05) is 18.8 Å². The number of fused-ring (bicyclic) bond motifs is 1. The summed E-state index contributed by atoms with van der Waals surface area (Å²) in [7, 11) is -2.15. The highest BCUT2D eigenvalue weighted by atomic mass is 35.5. The van der Waals surface area contributed by atoms with Crippen molar-refractivity contribution in [1.29, 1.82) is 0 Å². The highest BCUT2D eigenvalue weighted by Gasteiger charge is 2.32. The molecule has 0 aliphatic carbocycles. The lowest BCUT2D eigenvalue weighted by atomic mass is 10.1. The van der Waals surface area contributed by atoms with Gasteiger partial charge in [0.2, 0.25) is 15.9 Å². The lowest BCUT2D eigenvalue weighted by molar-refractivity contribution is -0.123. The SMILES string of the molecule is CNS(=O)(=O)c1ccc2c(c1)N(C(=O)C1COCCN1)CC2.Cl. The van der Waals surface area contributed by atoms with E-state index in [1.54, 1.807) is 23.1 Å². The zero-order valence-corrected chi connectivity index (χ0v) is 14.4. The summed E-state index contributed by atoms with van der Waals surface area (Å²) in [6.45, 7) is 2.16. The normalized spacial score (nSPS) is 20.7. The number of halogens is 1. The molecule has 9 heteroatoms. The highest BCUT2D eigenvalue weighted by molar-refractivity contribution is 7.89. The molecule has 3 rings (SSSR count). The average Bonchev–Trinajstić information content (AvgIpc) is 2.98. The van der Waals surface area contributed by atoms with Crippen LogP contribution in [0.1, 0.15) is 5.56 Å². The number of carbonyl (C=O) groups is 1. The van der Waals surface area contributed by atoms with Gasteiger partial charge in [-0.1, -0.05) is 6.07 Å². The van der Waals surface area contributed by atoms with Crippen LogP contribution in [0.25, 0.3) is 0 Å². The molecule has 1 aromatic rings. The molecule has 1 unspecified atom stereocenters. The Hall–Kier alpha value is -1.19. The molecule has 23 heavy (non-hydrogen) atoms. The summed E-state index contributed by atoms with van der Waals surface area (Å²) in [5.41, 5.74) is 1.66. The zero-order chi connectivity index (χ0) is 15.7. The molecule has 1 fully saturated rings. The van der Waals surface area contributed by atoms with Gasteiger partial charge >= 0.3 is 0 Å². The van der Waals surface area contributed by atoms with Crippen LogP contribution in [0.15, 0.2) is 23.1 Å². The Balaban J connectivity index is 0.00000192. The molecule has 2 aliphatic heterocycles. The van der Waals surface area contributed by atoms with Crippen LogP contribution in [0.3, 0.4) is 0 Å². The summed E-state index contributed by atoms with van der Waals surface area (Å²) in [5.74, 6) is -0.0718. The number of nitrogens with one attached hydrogen (secondary N) is 2. The third kappa shape index (κ3) is 3.51. The van der Waals surface area contributed by atoms with Gasteiger partial charge in [0.05, 0.1) is 18.1 Å². The lowest BCUT2D eigenvalue weighted by Crippen LogP contribution is -2.52. The summed E-state index contributed by atoms with van der Waals surface area (Å²) in [4.78, 5) is 14.4. The van der Waals surface area contributed by atoms with E-state index in [4.69, 9.17) is 4.74 Å². The Labute approximate surface area is 141 Å². The van der Waals surface area contributed by atoms with E-state index in [1.165, 1.54) is 7.05 Å². The number of benzene rings is 1. The largest absolute Gasteiger partial charge is 0.378 e. The fourth-order valence-corrected chi connectivity index (χ4v) is 3.53. The van der Waals surface area contributed by atoms with Crippen molar-refractivity contribution >= 4 is 34.0 Å². The fraction of sp³-hybridized carbons (Fsp3) is 0.500. The number of rotatable bonds is 3. The van der Waals surface area contributed by atoms with E-state index in [1.807, 2.05) is 0 Å². The van der Waals surface area contributed by atoms with Crippen molar-refractivity contribution in [3.8, 4) is 0 Å². The third-order valence-electron chi connectivity index (χ3n) is 4.02. The quantitative estimate of drug-likeness (QED) is 0.784. The molecule has 0 bridgehead atoms. The molecular weight excluding hydrogens is 342 g/mol. The maximum atomic E-state index is 12.6. The summed E-state index contributed by atoms with van der Waals surface area (Å²) in [6.07, 6.45) is 0.731. The Morgan fingerprint density at radius 3 is 2.87 bits per heavy atom. The molecular formula is C14H20ClN3O4S. The predicted octanol–water partition coefficient (Wildman–Crippen LogP) is -0.106. The molecule has 128 valence electrons. The summed E-state index contributed by atoms with van der Waals surface area (Å²) in [6, 6.07) is 4.54. The van der Waals surface area contributed by atoms with Crippen LogP contribution >= 0.6 is 12.4 Å². The molecule has 1 amide bonds. The van der Waals surface area contributed by atoms with Gasteiger partial charge in [-0.15, -0.1) is 12.4 Å². The minimum absolute atomic E-state index is 0. The summed E-state index contributed by atoms with van der Waals surface area (Å²) >= 11 is 0. The van der Waals surface area contributed by atoms with Crippen LogP contribution < -0.4 is 14.9 Å². The van der Waals surface area contributed by atoms with E-state index in [9.17, 15) is 13.2 Å². The molecule has 0 spiro atoms.